The van der Waals surface area contributed by atoms with E-state index in [0.29, 0.717) is 34.7 Å². The van der Waals surface area contributed by atoms with Crippen LogP contribution in [0, 0.1) is 0 Å². The summed E-state index contributed by atoms with van der Waals surface area (Å²) in [7, 11) is 0. The van der Waals surface area contributed by atoms with Crippen LogP contribution in [0.3, 0.4) is 0 Å². The van der Waals surface area contributed by atoms with Gasteiger partial charge in [-0.3, -0.25) is 0 Å². The molecule has 0 amide bonds. The highest BCUT2D eigenvalue weighted by Crippen LogP contribution is 2.36. The van der Waals surface area contributed by atoms with Gasteiger partial charge < -0.3 is 18.9 Å². The lowest BCUT2D eigenvalue weighted by molar-refractivity contribution is -0.222. The summed E-state index contributed by atoms with van der Waals surface area (Å²) in [5, 5.41) is 0. The lowest BCUT2D eigenvalue weighted by Gasteiger charge is -2.29. The monoisotopic (exact) mass is 412 g/mol. The first kappa shape index (κ1) is 19.3. The quantitative estimate of drug-likeness (QED) is 0.401. The normalized spacial score (nSPS) is 16.1. The lowest BCUT2D eigenvalue weighted by atomic mass is 10.1. The zero-order chi connectivity index (χ0) is 18.6. The van der Waals surface area contributed by atoms with E-state index in [-0.39, 0.29) is 5.57 Å². The fourth-order valence-electron chi connectivity index (χ4n) is 2.19. The molecule has 0 spiro atoms. The number of cyclic esters (lactones) is 2. The van der Waals surface area contributed by atoms with Crippen molar-refractivity contribution < 1.29 is 28.5 Å². The highest BCUT2D eigenvalue weighted by Gasteiger charge is 2.39. The predicted octanol–water partition coefficient (Wildman–Crippen LogP) is 3.86. The Kier molecular flexibility index (Phi) is 6.11. The van der Waals surface area contributed by atoms with E-state index in [0.717, 1.165) is 6.42 Å². The summed E-state index contributed by atoms with van der Waals surface area (Å²) in [6.07, 6.45) is 2.28. The Morgan fingerprint density at radius 1 is 1.08 bits per heavy atom. The van der Waals surface area contributed by atoms with E-state index >= 15 is 0 Å². The smallest absolute Gasteiger partial charge is 0.348 e. The van der Waals surface area contributed by atoms with Gasteiger partial charge in [0.1, 0.15) is 5.57 Å². The number of benzene rings is 1. The Hall–Kier alpha value is -2.02. The Morgan fingerprint density at radius 3 is 2.24 bits per heavy atom. The van der Waals surface area contributed by atoms with Crippen LogP contribution in [-0.4, -0.2) is 30.9 Å². The molecule has 0 unspecified atom stereocenters. The van der Waals surface area contributed by atoms with Crippen LogP contribution in [0.2, 0.25) is 0 Å². The molecule has 25 heavy (non-hydrogen) atoms. The summed E-state index contributed by atoms with van der Waals surface area (Å²) in [5.74, 6) is -1.59. The minimum atomic E-state index is -1.27. The molecule has 1 aromatic rings. The summed E-state index contributed by atoms with van der Waals surface area (Å²) >= 11 is 3.43. The van der Waals surface area contributed by atoms with Gasteiger partial charge in [0.2, 0.25) is 0 Å². The van der Waals surface area contributed by atoms with E-state index in [1.165, 1.54) is 19.9 Å². The van der Waals surface area contributed by atoms with Gasteiger partial charge in [0.05, 0.1) is 13.2 Å². The van der Waals surface area contributed by atoms with E-state index in [1.807, 2.05) is 13.8 Å². The van der Waals surface area contributed by atoms with E-state index in [9.17, 15) is 9.59 Å². The number of carbonyl (C=O) groups is 2. The minimum Gasteiger partial charge on any atom is -0.490 e. The van der Waals surface area contributed by atoms with Crippen molar-refractivity contribution in [2.75, 3.05) is 13.2 Å². The molecule has 0 N–H and O–H groups in total. The Balaban J connectivity index is 2.40. The maximum absolute atomic E-state index is 12.1. The zero-order valence-electron chi connectivity index (χ0n) is 14.7. The molecule has 0 atom stereocenters. The van der Waals surface area contributed by atoms with Crippen molar-refractivity contribution in [3.8, 4) is 11.5 Å². The topological polar surface area (TPSA) is 71.1 Å². The second-order valence-electron chi connectivity index (χ2n) is 5.84. The standard InChI is InChI=1S/C18H21BrO6/c1-5-7-23-15-10-13(19)11(9-14(15)22-6-2)8-12-16(20)24-18(3,4)25-17(12)21/h8-10H,5-7H2,1-4H3. The molecule has 0 aromatic heterocycles. The molecule has 0 bridgehead atoms. The van der Waals surface area contributed by atoms with Crippen LogP contribution in [0.25, 0.3) is 6.08 Å². The minimum absolute atomic E-state index is 0.176. The fourth-order valence-corrected chi connectivity index (χ4v) is 2.63. The molecule has 1 aliphatic rings. The lowest BCUT2D eigenvalue weighted by Crippen LogP contribution is -2.41. The second kappa shape index (κ2) is 7.91. The van der Waals surface area contributed by atoms with E-state index in [2.05, 4.69) is 15.9 Å². The van der Waals surface area contributed by atoms with Crippen molar-refractivity contribution >= 4 is 33.9 Å². The van der Waals surface area contributed by atoms with Crippen LogP contribution in [0.1, 0.15) is 39.7 Å². The van der Waals surface area contributed by atoms with E-state index in [4.69, 9.17) is 18.9 Å². The second-order valence-corrected chi connectivity index (χ2v) is 6.69. The van der Waals surface area contributed by atoms with Gasteiger partial charge in [0.25, 0.3) is 5.79 Å². The molecule has 0 aliphatic carbocycles. The molecule has 1 saturated heterocycles. The van der Waals surface area contributed by atoms with Crippen LogP contribution >= 0.6 is 15.9 Å². The molecule has 6 nitrogen and oxygen atoms in total. The van der Waals surface area contributed by atoms with Gasteiger partial charge in [-0.1, -0.05) is 22.9 Å². The van der Waals surface area contributed by atoms with Gasteiger partial charge in [-0.2, -0.15) is 0 Å². The van der Waals surface area contributed by atoms with Crippen molar-refractivity contribution in [2.24, 2.45) is 0 Å². The van der Waals surface area contributed by atoms with Gasteiger partial charge in [-0.15, -0.1) is 0 Å². The van der Waals surface area contributed by atoms with Gasteiger partial charge in [-0.25, -0.2) is 9.59 Å². The first-order valence-electron chi connectivity index (χ1n) is 8.05. The van der Waals surface area contributed by atoms with Crippen molar-refractivity contribution in [2.45, 2.75) is 39.9 Å². The van der Waals surface area contributed by atoms with Crippen LogP contribution in [0.15, 0.2) is 22.2 Å². The van der Waals surface area contributed by atoms with Gasteiger partial charge >= 0.3 is 11.9 Å². The summed E-state index contributed by atoms with van der Waals surface area (Å²) in [5.41, 5.74) is 0.403. The molecule has 1 aliphatic heterocycles. The Bertz CT molecular complexity index is 686. The SMILES string of the molecule is CCCOc1cc(Br)c(C=C2C(=O)OC(C)(C)OC2=O)cc1OCC. The molecule has 136 valence electrons. The predicted molar refractivity (Wildman–Crippen MR) is 95.3 cm³/mol. The number of esters is 2. The number of hydrogen-bond acceptors (Lipinski definition) is 6. The third-order valence-electron chi connectivity index (χ3n) is 3.24. The molecule has 2 rings (SSSR count). The van der Waals surface area contributed by atoms with Crippen molar-refractivity contribution in [3.63, 3.8) is 0 Å². The van der Waals surface area contributed by atoms with Crippen LogP contribution in [0.4, 0.5) is 0 Å². The van der Waals surface area contributed by atoms with E-state index in [1.54, 1.807) is 12.1 Å². The highest BCUT2D eigenvalue weighted by atomic mass is 79.9. The average Bonchev–Trinajstić information content (AvgIpc) is 2.51. The van der Waals surface area contributed by atoms with Gasteiger partial charge in [0, 0.05) is 18.3 Å². The number of halogens is 1. The van der Waals surface area contributed by atoms with E-state index < -0.39 is 17.7 Å². The van der Waals surface area contributed by atoms with Gasteiger partial charge in [-0.05, 0) is 37.1 Å². The largest absolute Gasteiger partial charge is 0.490 e. The van der Waals surface area contributed by atoms with Crippen LogP contribution < -0.4 is 9.47 Å². The Labute approximate surface area is 155 Å². The van der Waals surface area contributed by atoms with Crippen LogP contribution in [0.5, 0.6) is 11.5 Å². The molecular formula is C18H21BrO6. The zero-order valence-corrected chi connectivity index (χ0v) is 16.3. The van der Waals surface area contributed by atoms with Crippen molar-refractivity contribution in [1.29, 1.82) is 0 Å². The molecule has 0 radical (unpaired) electrons. The third kappa shape index (κ3) is 4.75. The number of rotatable bonds is 6. The molecule has 0 saturated carbocycles. The first-order chi connectivity index (χ1) is 11.8. The molecular weight excluding hydrogens is 392 g/mol. The molecule has 1 fully saturated rings. The molecule has 7 heteroatoms. The summed E-state index contributed by atoms with van der Waals surface area (Å²) in [4.78, 5) is 24.2. The Morgan fingerprint density at radius 2 is 1.68 bits per heavy atom. The fraction of sp³-hybridized carbons (Fsp3) is 0.444. The average molecular weight is 413 g/mol. The number of ether oxygens (including phenoxy) is 4. The summed E-state index contributed by atoms with van der Waals surface area (Å²) < 4.78 is 22.1. The molecule has 1 aromatic carbocycles. The summed E-state index contributed by atoms with van der Waals surface area (Å²) in [6, 6.07) is 3.45. The maximum atomic E-state index is 12.1. The number of carbonyl (C=O) groups excluding carboxylic acids is 2. The summed E-state index contributed by atoms with van der Waals surface area (Å²) in [6.45, 7) is 7.89. The highest BCUT2D eigenvalue weighted by molar-refractivity contribution is 9.10. The van der Waals surface area contributed by atoms with Crippen molar-refractivity contribution in [1.82, 2.24) is 0 Å². The maximum Gasteiger partial charge on any atom is 0.348 e. The molecule has 1 heterocycles. The van der Waals surface area contributed by atoms with Crippen molar-refractivity contribution in [3.05, 3.63) is 27.7 Å². The van der Waals surface area contributed by atoms with Crippen LogP contribution in [-0.2, 0) is 19.1 Å². The first-order valence-corrected chi connectivity index (χ1v) is 8.84. The number of hydrogen-bond donors (Lipinski definition) is 0. The third-order valence-corrected chi connectivity index (χ3v) is 3.93. The van der Waals surface area contributed by atoms with Gasteiger partial charge in [0.15, 0.2) is 11.5 Å².